The first-order valence-electron chi connectivity index (χ1n) is 7.01. The number of aromatic nitrogens is 2. The van der Waals surface area contributed by atoms with Gasteiger partial charge in [-0.1, -0.05) is 12.1 Å². The van der Waals surface area contributed by atoms with Gasteiger partial charge in [0.25, 0.3) is 0 Å². The summed E-state index contributed by atoms with van der Waals surface area (Å²) in [4.78, 5) is 4.67. The molecule has 4 nitrogen and oxygen atoms in total. The Morgan fingerprint density at radius 1 is 1.47 bits per heavy atom. The average Bonchev–Trinajstić information content (AvgIpc) is 3.05. The van der Waals surface area contributed by atoms with Gasteiger partial charge in [-0.2, -0.15) is 0 Å². The number of hydrogen-bond donors (Lipinski definition) is 1. The van der Waals surface area contributed by atoms with Crippen LogP contribution in [-0.4, -0.2) is 28.3 Å². The average molecular weight is 259 g/mol. The molecule has 3 rings (SSSR count). The molecule has 1 saturated heterocycles. The monoisotopic (exact) mass is 259 g/mol. The van der Waals surface area contributed by atoms with E-state index < -0.39 is 0 Å². The lowest BCUT2D eigenvalue weighted by Gasteiger charge is -2.19. The number of hydrogen-bond acceptors (Lipinski definition) is 3. The minimum atomic E-state index is 0.356. The number of aryl methyl sites for hydroxylation is 1. The molecular weight excluding hydrogens is 238 g/mol. The second kappa shape index (κ2) is 5.31. The molecule has 1 aliphatic rings. The fourth-order valence-corrected chi connectivity index (χ4v) is 2.73. The van der Waals surface area contributed by atoms with Crippen LogP contribution in [0, 0.1) is 0 Å². The minimum Gasteiger partial charge on any atom is -0.377 e. The SMILES string of the molecule is C[C@@H](NCc1nc2ccccc2n1C)[C@H]1CCCO1. The predicted octanol–water partition coefficient (Wildman–Crippen LogP) is 2.23. The molecular formula is C15H21N3O. The maximum atomic E-state index is 5.70. The Morgan fingerprint density at radius 2 is 2.32 bits per heavy atom. The Morgan fingerprint density at radius 3 is 3.05 bits per heavy atom. The van der Waals surface area contributed by atoms with E-state index in [9.17, 15) is 0 Å². The van der Waals surface area contributed by atoms with E-state index in [4.69, 9.17) is 4.74 Å². The standard InChI is InChI=1S/C15H21N3O/c1-11(14-8-5-9-19-14)16-10-15-17-12-6-3-4-7-13(12)18(15)2/h3-4,6-7,11,14,16H,5,8-10H2,1-2H3/t11-,14-/m1/s1. The molecule has 0 saturated carbocycles. The molecule has 0 spiro atoms. The second-order valence-electron chi connectivity index (χ2n) is 5.30. The summed E-state index contributed by atoms with van der Waals surface area (Å²) in [6.45, 7) is 3.88. The third-order valence-electron chi connectivity index (χ3n) is 3.98. The van der Waals surface area contributed by atoms with Gasteiger partial charge in [0.15, 0.2) is 0 Å². The van der Waals surface area contributed by atoms with Crippen molar-refractivity contribution in [2.45, 2.75) is 38.5 Å². The smallest absolute Gasteiger partial charge is 0.123 e. The zero-order chi connectivity index (χ0) is 13.2. The Hall–Kier alpha value is -1.39. The molecule has 1 aromatic carbocycles. The maximum Gasteiger partial charge on any atom is 0.123 e. The summed E-state index contributed by atoms with van der Waals surface area (Å²) in [7, 11) is 2.07. The number of nitrogens with zero attached hydrogens (tertiary/aromatic N) is 2. The fourth-order valence-electron chi connectivity index (χ4n) is 2.73. The molecule has 1 N–H and O–H groups in total. The van der Waals surface area contributed by atoms with Gasteiger partial charge in [-0.25, -0.2) is 4.98 Å². The summed E-state index contributed by atoms with van der Waals surface area (Å²) in [5.74, 6) is 1.08. The number of para-hydroxylation sites is 2. The molecule has 102 valence electrons. The third kappa shape index (κ3) is 2.51. The van der Waals surface area contributed by atoms with Gasteiger partial charge >= 0.3 is 0 Å². The first-order chi connectivity index (χ1) is 9.25. The summed E-state index contributed by atoms with van der Waals surface area (Å²) < 4.78 is 7.86. The van der Waals surface area contributed by atoms with Crippen LogP contribution in [0.4, 0.5) is 0 Å². The lowest BCUT2D eigenvalue weighted by Crippen LogP contribution is -2.37. The lowest BCUT2D eigenvalue weighted by molar-refractivity contribution is 0.0829. The number of ether oxygens (including phenoxy) is 1. The zero-order valence-corrected chi connectivity index (χ0v) is 11.6. The first kappa shape index (κ1) is 12.6. The number of benzene rings is 1. The molecule has 0 radical (unpaired) electrons. The molecule has 2 heterocycles. The van der Waals surface area contributed by atoms with Crippen LogP contribution < -0.4 is 5.32 Å². The van der Waals surface area contributed by atoms with Crippen molar-refractivity contribution in [1.82, 2.24) is 14.9 Å². The summed E-state index contributed by atoms with van der Waals surface area (Å²) in [5.41, 5.74) is 2.25. The summed E-state index contributed by atoms with van der Waals surface area (Å²) in [6.07, 6.45) is 2.70. The van der Waals surface area contributed by atoms with Gasteiger partial charge in [0, 0.05) is 19.7 Å². The predicted molar refractivity (Wildman–Crippen MR) is 76.0 cm³/mol. The van der Waals surface area contributed by atoms with Crippen molar-refractivity contribution >= 4 is 11.0 Å². The van der Waals surface area contributed by atoms with Gasteiger partial charge in [0.1, 0.15) is 5.82 Å². The van der Waals surface area contributed by atoms with E-state index in [-0.39, 0.29) is 0 Å². The zero-order valence-electron chi connectivity index (χ0n) is 11.6. The van der Waals surface area contributed by atoms with Crippen LogP contribution in [0.2, 0.25) is 0 Å². The Labute approximate surface area is 113 Å². The summed E-state index contributed by atoms with van der Waals surface area (Å²) in [6, 6.07) is 8.62. The van der Waals surface area contributed by atoms with E-state index in [0.29, 0.717) is 12.1 Å². The topological polar surface area (TPSA) is 39.1 Å². The van der Waals surface area contributed by atoms with E-state index in [2.05, 4.69) is 47.0 Å². The number of nitrogens with one attached hydrogen (secondary N) is 1. The Kier molecular flexibility index (Phi) is 3.53. The van der Waals surface area contributed by atoms with Crippen LogP contribution in [0.25, 0.3) is 11.0 Å². The maximum absolute atomic E-state index is 5.70. The van der Waals surface area contributed by atoms with Crippen LogP contribution in [0.1, 0.15) is 25.6 Å². The Bertz CT molecular complexity index is 558. The highest BCUT2D eigenvalue weighted by Gasteiger charge is 2.22. The molecule has 19 heavy (non-hydrogen) atoms. The fraction of sp³-hybridized carbons (Fsp3) is 0.533. The molecule has 2 atom stereocenters. The largest absolute Gasteiger partial charge is 0.377 e. The minimum absolute atomic E-state index is 0.356. The van der Waals surface area contributed by atoms with E-state index in [0.717, 1.165) is 30.9 Å². The van der Waals surface area contributed by atoms with Gasteiger partial charge in [0.05, 0.1) is 23.7 Å². The molecule has 0 aliphatic carbocycles. The van der Waals surface area contributed by atoms with Crippen molar-refractivity contribution in [2.75, 3.05) is 6.61 Å². The molecule has 1 aliphatic heterocycles. The van der Waals surface area contributed by atoms with Crippen LogP contribution in [0.15, 0.2) is 24.3 Å². The van der Waals surface area contributed by atoms with Crippen LogP contribution in [0.5, 0.6) is 0 Å². The van der Waals surface area contributed by atoms with Crippen molar-refractivity contribution in [2.24, 2.45) is 7.05 Å². The van der Waals surface area contributed by atoms with Gasteiger partial charge in [-0.15, -0.1) is 0 Å². The first-order valence-corrected chi connectivity index (χ1v) is 7.01. The summed E-state index contributed by atoms with van der Waals surface area (Å²) >= 11 is 0. The van der Waals surface area contributed by atoms with E-state index >= 15 is 0 Å². The van der Waals surface area contributed by atoms with E-state index in [1.54, 1.807) is 0 Å². The number of rotatable bonds is 4. The van der Waals surface area contributed by atoms with Gasteiger partial charge in [-0.3, -0.25) is 0 Å². The van der Waals surface area contributed by atoms with E-state index in [1.807, 2.05) is 6.07 Å². The van der Waals surface area contributed by atoms with Crippen molar-refractivity contribution < 1.29 is 4.74 Å². The van der Waals surface area contributed by atoms with Gasteiger partial charge in [0.2, 0.25) is 0 Å². The second-order valence-corrected chi connectivity index (χ2v) is 5.30. The quantitative estimate of drug-likeness (QED) is 0.915. The molecule has 0 bridgehead atoms. The number of fused-ring (bicyclic) bond motifs is 1. The van der Waals surface area contributed by atoms with Crippen LogP contribution in [0.3, 0.4) is 0 Å². The van der Waals surface area contributed by atoms with E-state index in [1.165, 1.54) is 11.9 Å². The molecule has 4 heteroatoms. The lowest BCUT2D eigenvalue weighted by atomic mass is 10.1. The number of imidazole rings is 1. The highest BCUT2D eigenvalue weighted by molar-refractivity contribution is 5.75. The highest BCUT2D eigenvalue weighted by Crippen LogP contribution is 2.17. The third-order valence-corrected chi connectivity index (χ3v) is 3.98. The van der Waals surface area contributed by atoms with Gasteiger partial charge < -0.3 is 14.6 Å². The Balaban J connectivity index is 1.69. The van der Waals surface area contributed by atoms with Crippen LogP contribution in [-0.2, 0) is 18.3 Å². The molecule has 2 aromatic rings. The molecule has 1 aromatic heterocycles. The van der Waals surface area contributed by atoms with Crippen molar-refractivity contribution in [3.05, 3.63) is 30.1 Å². The van der Waals surface area contributed by atoms with Gasteiger partial charge in [-0.05, 0) is 31.9 Å². The van der Waals surface area contributed by atoms with Crippen LogP contribution >= 0.6 is 0 Å². The molecule has 0 amide bonds. The van der Waals surface area contributed by atoms with Crippen molar-refractivity contribution in [3.63, 3.8) is 0 Å². The summed E-state index contributed by atoms with van der Waals surface area (Å²) in [5, 5.41) is 3.53. The normalized spacial score (nSPS) is 21.1. The van der Waals surface area contributed by atoms with Crippen molar-refractivity contribution in [3.8, 4) is 0 Å². The van der Waals surface area contributed by atoms with Crippen molar-refractivity contribution in [1.29, 1.82) is 0 Å². The highest BCUT2D eigenvalue weighted by atomic mass is 16.5. The molecule has 1 fully saturated rings. The molecule has 0 unspecified atom stereocenters.